The smallest absolute Gasteiger partial charge is 0.176 e. The van der Waals surface area contributed by atoms with Crippen LogP contribution in [0.1, 0.15) is 12.5 Å². The van der Waals surface area contributed by atoms with Gasteiger partial charge in [0, 0.05) is 16.9 Å². The molecule has 5 nitrogen and oxygen atoms in total. The largest absolute Gasteiger partial charge is 0.494 e. The van der Waals surface area contributed by atoms with E-state index in [0.717, 1.165) is 21.5 Å². The summed E-state index contributed by atoms with van der Waals surface area (Å²) in [6.07, 6.45) is 1.90. The number of hydrogen-bond donors (Lipinski definition) is 2. The maximum atomic E-state index is 5.92. The Balaban J connectivity index is 1.60. The molecule has 0 radical (unpaired) electrons. The van der Waals surface area contributed by atoms with Crippen LogP contribution in [0.4, 0.5) is 11.5 Å². The van der Waals surface area contributed by atoms with Crippen LogP contribution in [0.2, 0.25) is 5.02 Å². The topological polar surface area (TPSA) is 51.1 Å². The molecule has 1 aromatic heterocycles. The van der Waals surface area contributed by atoms with Gasteiger partial charge < -0.3 is 15.4 Å². The zero-order chi connectivity index (χ0) is 19.2. The molecule has 0 aliphatic carbocycles. The van der Waals surface area contributed by atoms with Crippen LogP contribution < -0.4 is 15.4 Å². The summed E-state index contributed by atoms with van der Waals surface area (Å²) in [5.74, 6) is 1.47. The van der Waals surface area contributed by atoms with Gasteiger partial charge in [-0.15, -0.1) is 0 Å². The van der Waals surface area contributed by atoms with Crippen LogP contribution in [-0.2, 0) is 6.54 Å². The molecule has 2 N–H and O–H groups in total. The molecule has 0 amide bonds. The Bertz CT molecular complexity index is 912. The van der Waals surface area contributed by atoms with Gasteiger partial charge in [0.2, 0.25) is 0 Å². The molecule has 0 saturated carbocycles. The molecule has 3 rings (SSSR count). The monoisotopic (exact) mass is 464 g/mol. The van der Waals surface area contributed by atoms with Gasteiger partial charge in [-0.25, -0.2) is 0 Å². The van der Waals surface area contributed by atoms with Gasteiger partial charge in [0.25, 0.3) is 0 Å². The Labute approximate surface area is 176 Å². The lowest BCUT2D eigenvalue weighted by molar-refractivity contribution is 0.340. The number of rotatable bonds is 6. The number of benzene rings is 2. The molecule has 0 aliphatic rings. The predicted octanol–water partition coefficient (Wildman–Crippen LogP) is 5.55. The summed E-state index contributed by atoms with van der Waals surface area (Å²) in [5.41, 5.74) is 1.98. The molecule has 0 aliphatic heterocycles. The van der Waals surface area contributed by atoms with E-state index in [1.54, 1.807) is 0 Å². The number of aromatic nitrogens is 2. The normalized spacial score (nSPS) is 10.5. The standard InChI is InChI=1S/C19H18BrClN4OS/c1-2-26-16-9-7-15(8-10-16)22-19(27)23-18-17(20)12-25(24-18)11-13-3-5-14(21)6-4-13/h3-10,12H,2,11H2,1H3,(H2,22,23,24,27). The van der Waals surface area contributed by atoms with E-state index in [4.69, 9.17) is 28.6 Å². The molecule has 0 fully saturated rings. The van der Waals surface area contributed by atoms with Gasteiger partial charge in [0.05, 0.1) is 17.6 Å². The Hall–Kier alpha value is -2.09. The first-order valence-electron chi connectivity index (χ1n) is 8.31. The highest BCUT2D eigenvalue weighted by Gasteiger charge is 2.09. The van der Waals surface area contributed by atoms with Crippen LogP contribution in [0, 0.1) is 0 Å². The van der Waals surface area contributed by atoms with E-state index in [-0.39, 0.29) is 0 Å². The molecule has 27 heavy (non-hydrogen) atoms. The number of nitrogens with one attached hydrogen (secondary N) is 2. The van der Waals surface area contributed by atoms with Gasteiger partial charge in [-0.3, -0.25) is 4.68 Å². The Morgan fingerprint density at radius 2 is 1.85 bits per heavy atom. The zero-order valence-electron chi connectivity index (χ0n) is 14.6. The fourth-order valence-corrected chi connectivity index (χ4v) is 3.17. The number of thiocarbonyl (C=S) groups is 1. The number of hydrogen-bond acceptors (Lipinski definition) is 3. The van der Waals surface area contributed by atoms with Crippen molar-refractivity contribution in [3.8, 4) is 5.75 Å². The van der Waals surface area contributed by atoms with Crippen molar-refractivity contribution in [3.05, 3.63) is 69.8 Å². The van der Waals surface area contributed by atoms with Crippen LogP contribution in [-0.4, -0.2) is 21.5 Å². The summed E-state index contributed by atoms with van der Waals surface area (Å²) in [6, 6.07) is 15.3. The number of ether oxygens (including phenoxy) is 1. The van der Waals surface area contributed by atoms with Gasteiger partial charge in [-0.2, -0.15) is 5.10 Å². The molecule has 2 aromatic carbocycles. The first-order chi connectivity index (χ1) is 13.0. The molecule has 0 atom stereocenters. The summed E-state index contributed by atoms with van der Waals surface area (Å²) in [5, 5.41) is 11.9. The lowest BCUT2D eigenvalue weighted by atomic mass is 10.2. The van der Waals surface area contributed by atoms with Crippen molar-refractivity contribution >= 4 is 56.4 Å². The summed E-state index contributed by atoms with van der Waals surface area (Å²) in [4.78, 5) is 0. The molecular weight excluding hydrogens is 448 g/mol. The number of anilines is 2. The molecule has 0 bridgehead atoms. The van der Waals surface area contributed by atoms with Crippen LogP contribution in [0.3, 0.4) is 0 Å². The fourth-order valence-electron chi connectivity index (χ4n) is 2.41. The van der Waals surface area contributed by atoms with E-state index < -0.39 is 0 Å². The van der Waals surface area contributed by atoms with Gasteiger partial charge in [-0.05, 0) is 77.0 Å². The van der Waals surface area contributed by atoms with E-state index in [1.165, 1.54) is 0 Å². The third kappa shape index (κ3) is 5.69. The maximum absolute atomic E-state index is 5.92. The molecule has 0 unspecified atom stereocenters. The Morgan fingerprint density at radius 3 is 2.52 bits per heavy atom. The second kappa shape index (κ2) is 9.21. The van der Waals surface area contributed by atoms with E-state index in [2.05, 4.69) is 31.7 Å². The Kier molecular flexibility index (Phi) is 6.71. The summed E-state index contributed by atoms with van der Waals surface area (Å²) in [7, 11) is 0. The van der Waals surface area contributed by atoms with Crippen molar-refractivity contribution in [2.75, 3.05) is 17.2 Å². The summed E-state index contributed by atoms with van der Waals surface area (Å²) < 4.78 is 8.09. The first kappa shape index (κ1) is 19.7. The van der Waals surface area contributed by atoms with Crippen molar-refractivity contribution in [2.45, 2.75) is 13.5 Å². The predicted molar refractivity (Wildman–Crippen MR) is 118 cm³/mol. The van der Waals surface area contributed by atoms with Crippen LogP contribution in [0.25, 0.3) is 0 Å². The highest BCUT2D eigenvalue weighted by Crippen LogP contribution is 2.22. The SMILES string of the molecule is CCOc1ccc(NC(=S)Nc2nn(Cc3ccc(Cl)cc3)cc2Br)cc1. The summed E-state index contributed by atoms with van der Waals surface area (Å²) in [6.45, 7) is 3.23. The van der Waals surface area contributed by atoms with Crippen molar-refractivity contribution in [3.63, 3.8) is 0 Å². The average molecular weight is 466 g/mol. The van der Waals surface area contributed by atoms with Crippen LogP contribution >= 0.6 is 39.7 Å². The van der Waals surface area contributed by atoms with E-state index in [9.17, 15) is 0 Å². The van der Waals surface area contributed by atoms with Crippen molar-refractivity contribution in [2.24, 2.45) is 0 Å². The highest BCUT2D eigenvalue weighted by atomic mass is 79.9. The van der Waals surface area contributed by atoms with Crippen molar-refractivity contribution in [1.29, 1.82) is 0 Å². The molecule has 0 spiro atoms. The quantitative estimate of drug-likeness (QED) is 0.467. The van der Waals surface area contributed by atoms with Crippen molar-refractivity contribution < 1.29 is 4.74 Å². The highest BCUT2D eigenvalue weighted by molar-refractivity contribution is 9.10. The molecule has 0 saturated heterocycles. The van der Waals surface area contributed by atoms with Crippen molar-refractivity contribution in [1.82, 2.24) is 9.78 Å². The molecular formula is C19H18BrClN4OS. The zero-order valence-corrected chi connectivity index (χ0v) is 17.7. The number of nitrogens with zero attached hydrogens (tertiary/aromatic N) is 2. The van der Waals surface area contributed by atoms with Crippen LogP contribution in [0.5, 0.6) is 5.75 Å². The van der Waals surface area contributed by atoms with Gasteiger partial charge in [-0.1, -0.05) is 23.7 Å². The summed E-state index contributed by atoms with van der Waals surface area (Å²) >= 11 is 14.8. The van der Waals surface area contributed by atoms with E-state index >= 15 is 0 Å². The lowest BCUT2D eigenvalue weighted by Gasteiger charge is -2.10. The Morgan fingerprint density at radius 1 is 1.15 bits per heavy atom. The molecule has 140 valence electrons. The van der Waals surface area contributed by atoms with Crippen LogP contribution in [0.15, 0.2) is 59.2 Å². The fraction of sp³-hybridized carbons (Fsp3) is 0.158. The minimum absolute atomic E-state index is 0.455. The first-order valence-corrected chi connectivity index (χ1v) is 9.89. The maximum Gasteiger partial charge on any atom is 0.176 e. The molecule has 1 heterocycles. The second-order valence-electron chi connectivity index (χ2n) is 5.69. The third-order valence-corrected chi connectivity index (χ3v) is 4.67. The van der Waals surface area contributed by atoms with Gasteiger partial charge in [0.1, 0.15) is 5.75 Å². The van der Waals surface area contributed by atoms with Gasteiger partial charge in [0.15, 0.2) is 10.9 Å². The van der Waals surface area contributed by atoms with E-state index in [1.807, 2.05) is 66.3 Å². The lowest BCUT2D eigenvalue weighted by Crippen LogP contribution is -2.19. The minimum atomic E-state index is 0.455. The van der Waals surface area contributed by atoms with Gasteiger partial charge >= 0.3 is 0 Å². The third-order valence-electron chi connectivity index (χ3n) is 3.63. The molecule has 8 heteroatoms. The average Bonchev–Trinajstić information content (AvgIpc) is 2.98. The number of halogens is 2. The minimum Gasteiger partial charge on any atom is -0.494 e. The second-order valence-corrected chi connectivity index (χ2v) is 7.39. The van der Waals surface area contributed by atoms with E-state index in [0.29, 0.717) is 29.1 Å². The molecule has 3 aromatic rings.